The van der Waals surface area contributed by atoms with Crippen molar-refractivity contribution in [2.45, 2.75) is 37.5 Å². The Balaban J connectivity index is 2.68. The second-order valence-electron chi connectivity index (χ2n) is 5.99. The summed E-state index contributed by atoms with van der Waals surface area (Å²) in [5.41, 5.74) is -3.52. The highest BCUT2D eigenvalue weighted by Gasteiger charge is 2.72. The number of amides is 1. The van der Waals surface area contributed by atoms with E-state index < -0.39 is 41.4 Å². The molecule has 0 radical (unpaired) electrons. The maximum atomic E-state index is 12.6. The number of carbonyl (C=O) groups is 3. The average molecular weight is 335 g/mol. The molecule has 1 amide bonds. The predicted molar refractivity (Wildman–Crippen MR) is 83.7 cm³/mol. The van der Waals surface area contributed by atoms with Crippen molar-refractivity contribution in [3.8, 4) is 0 Å². The molecule has 7 heteroatoms. The number of esters is 2. The molecule has 1 N–H and O–H groups in total. The summed E-state index contributed by atoms with van der Waals surface area (Å²) in [6, 6.07) is 8.26. The maximum absolute atomic E-state index is 12.6. The van der Waals surface area contributed by atoms with E-state index in [1.54, 1.807) is 31.2 Å². The Morgan fingerprint density at radius 1 is 1.17 bits per heavy atom. The Morgan fingerprint density at radius 3 is 2.12 bits per heavy atom. The van der Waals surface area contributed by atoms with Crippen molar-refractivity contribution in [1.82, 2.24) is 4.90 Å². The molecule has 0 saturated carbocycles. The van der Waals surface area contributed by atoms with Crippen molar-refractivity contribution in [2.24, 2.45) is 0 Å². The smallest absolute Gasteiger partial charge is 0.346 e. The van der Waals surface area contributed by atoms with Crippen LogP contribution in [0.1, 0.15) is 31.9 Å². The number of carbonyl (C=O) groups excluding carboxylic acids is 3. The number of likely N-dealkylation sites (tertiary alicyclic amines) is 1. The van der Waals surface area contributed by atoms with Gasteiger partial charge in [-0.25, -0.2) is 9.59 Å². The van der Waals surface area contributed by atoms with Gasteiger partial charge in [0, 0.05) is 0 Å². The molecular formula is C17H21NO6. The van der Waals surface area contributed by atoms with E-state index in [0.717, 1.165) is 19.1 Å². The molecule has 0 bridgehead atoms. The van der Waals surface area contributed by atoms with Crippen LogP contribution in [0.4, 0.5) is 0 Å². The van der Waals surface area contributed by atoms with E-state index in [1.165, 1.54) is 6.92 Å². The van der Waals surface area contributed by atoms with Crippen LogP contribution in [0.25, 0.3) is 0 Å². The second-order valence-corrected chi connectivity index (χ2v) is 5.99. The molecule has 0 aliphatic carbocycles. The fourth-order valence-corrected chi connectivity index (χ4v) is 3.36. The zero-order chi connectivity index (χ0) is 18.1. The minimum absolute atomic E-state index is 0.394. The number of ether oxygens (including phenoxy) is 2. The molecule has 1 aliphatic heterocycles. The van der Waals surface area contributed by atoms with Gasteiger partial charge in [-0.3, -0.25) is 4.79 Å². The Bertz CT molecular complexity index is 638. The molecule has 7 nitrogen and oxygen atoms in total. The van der Waals surface area contributed by atoms with Crippen LogP contribution in [0.2, 0.25) is 0 Å². The van der Waals surface area contributed by atoms with Crippen LogP contribution in [0.5, 0.6) is 0 Å². The maximum Gasteiger partial charge on any atom is 0.346 e. The molecule has 1 unspecified atom stereocenters. The topological polar surface area (TPSA) is 93.1 Å². The van der Waals surface area contributed by atoms with Gasteiger partial charge in [-0.2, -0.15) is 0 Å². The molecule has 2 atom stereocenters. The van der Waals surface area contributed by atoms with E-state index in [1.807, 2.05) is 6.07 Å². The van der Waals surface area contributed by atoms with Crippen LogP contribution in [0.3, 0.4) is 0 Å². The molecular weight excluding hydrogens is 314 g/mol. The highest BCUT2D eigenvalue weighted by atomic mass is 16.6. The molecule has 1 fully saturated rings. The highest BCUT2D eigenvalue weighted by Crippen LogP contribution is 2.45. The van der Waals surface area contributed by atoms with Crippen LogP contribution in [0.15, 0.2) is 30.3 Å². The fourth-order valence-electron chi connectivity index (χ4n) is 3.36. The molecule has 0 aromatic heterocycles. The van der Waals surface area contributed by atoms with Gasteiger partial charge < -0.3 is 19.5 Å². The largest absolute Gasteiger partial charge is 0.467 e. The minimum Gasteiger partial charge on any atom is -0.467 e. The normalized spacial score (nSPS) is 23.7. The van der Waals surface area contributed by atoms with Gasteiger partial charge in [-0.1, -0.05) is 30.3 Å². The standard InChI is InChI=1S/C17H21NO6/c1-11(12-8-6-5-7-9-12)18-13(19)10-16(2,22)17(18,14(20)23-3)15(21)24-4/h5-9,11,22H,10H2,1-4H3/t11-,16?/m1/s1. The van der Waals surface area contributed by atoms with Crippen LogP contribution in [-0.2, 0) is 23.9 Å². The summed E-state index contributed by atoms with van der Waals surface area (Å²) in [4.78, 5) is 38.8. The van der Waals surface area contributed by atoms with Crippen LogP contribution >= 0.6 is 0 Å². The first kappa shape index (κ1) is 17.9. The van der Waals surface area contributed by atoms with Gasteiger partial charge >= 0.3 is 11.9 Å². The van der Waals surface area contributed by atoms with Gasteiger partial charge in [0.2, 0.25) is 5.91 Å². The van der Waals surface area contributed by atoms with Gasteiger partial charge in [0.1, 0.15) is 5.60 Å². The Morgan fingerprint density at radius 2 is 1.67 bits per heavy atom. The monoisotopic (exact) mass is 335 g/mol. The molecule has 1 heterocycles. The molecule has 1 aliphatic rings. The van der Waals surface area contributed by atoms with Crippen LogP contribution in [-0.4, -0.2) is 53.2 Å². The Kier molecular flexibility index (Phi) is 4.66. The molecule has 130 valence electrons. The molecule has 24 heavy (non-hydrogen) atoms. The molecule has 2 rings (SSSR count). The zero-order valence-corrected chi connectivity index (χ0v) is 14.1. The number of nitrogens with zero attached hydrogens (tertiary/aromatic N) is 1. The summed E-state index contributed by atoms with van der Waals surface area (Å²) in [6.45, 7) is 2.94. The van der Waals surface area contributed by atoms with Crippen molar-refractivity contribution in [3.63, 3.8) is 0 Å². The lowest BCUT2D eigenvalue weighted by Gasteiger charge is -2.42. The second kappa shape index (κ2) is 6.24. The summed E-state index contributed by atoms with van der Waals surface area (Å²) in [7, 11) is 2.19. The summed E-state index contributed by atoms with van der Waals surface area (Å²) in [5, 5.41) is 10.8. The van der Waals surface area contributed by atoms with Crippen molar-refractivity contribution in [1.29, 1.82) is 0 Å². The first-order chi connectivity index (χ1) is 11.2. The minimum atomic E-state index is -2.26. The SMILES string of the molecule is COC(=O)C1(C(=O)OC)N([C@H](C)c2ccccc2)C(=O)CC1(C)O. The lowest BCUT2D eigenvalue weighted by Crippen LogP contribution is -2.68. The highest BCUT2D eigenvalue weighted by molar-refractivity contribution is 6.12. The first-order valence-electron chi connectivity index (χ1n) is 7.50. The first-order valence-corrected chi connectivity index (χ1v) is 7.50. The molecule has 1 aromatic rings. The van der Waals surface area contributed by atoms with Gasteiger partial charge in [0.15, 0.2) is 0 Å². The molecule has 1 saturated heterocycles. The lowest BCUT2D eigenvalue weighted by atomic mass is 9.80. The van der Waals surface area contributed by atoms with E-state index in [4.69, 9.17) is 9.47 Å². The van der Waals surface area contributed by atoms with Crippen molar-refractivity contribution in [3.05, 3.63) is 35.9 Å². The van der Waals surface area contributed by atoms with E-state index in [9.17, 15) is 19.5 Å². The van der Waals surface area contributed by atoms with E-state index in [-0.39, 0.29) is 0 Å². The summed E-state index contributed by atoms with van der Waals surface area (Å²) < 4.78 is 9.53. The third-order valence-corrected chi connectivity index (χ3v) is 4.54. The van der Waals surface area contributed by atoms with Gasteiger partial charge in [-0.15, -0.1) is 0 Å². The van der Waals surface area contributed by atoms with Gasteiger partial charge in [0.05, 0.1) is 26.7 Å². The van der Waals surface area contributed by atoms with Gasteiger partial charge in [0.25, 0.3) is 5.54 Å². The fraction of sp³-hybridized carbons (Fsp3) is 0.471. The number of hydrogen-bond donors (Lipinski definition) is 1. The quantitative estimate of drug-likeness (QED) is 0.647. The summed E-state index contributed by atoms with van der Waals surface area (Å²) in [6.07, 6.45) is -0.394. The summed E-state index contributed by atoms with van der Waals surface area (Å²) >= 11 is 0. The zero-order valence-electron chi connectivity index (χ0n) is 14.1. The van der Waals surface area contributed by atoms with Crippen molar-refractivity contribution >= 4 is 17.8 Å². The summed E-state index contributed by atoms with van der Waals surface area (Å²) in [5.74, 6) is -2.60. The number of benzene rings is 1. The number of methoxy groups -OCH3 is 2. The van der Waals surface area contributed by atoms with Crippen molar-refractivity contribution < 1.29 is 29.0 Å². The molecule has 0 spiro atoms. The van der Waals surface area contributed by atoms with Crippen LogP contribution in [0, 0.1) is 0 Å². The van der Waals surface area contributed by atoms with E-state index in [0.29, 0.717) is 5.56 Å². The average Bonchev–Trinajstić information content (AvgIpc) is 2.79. The molecule has 1 aromatic carbocycles. The van der Waals surface area contributed by atoms with Crippen molar-refractivity contribution in [2.75, 3.05) is 14.2 Å². The number of rotatable bonds is 4. The Labute approximate surface area is 140 Å². The number of aliphatic hydroxyl groups is 1. The third-order valence-electron chi connectivity index (χ3n) is 4.54. The third kappa shape index (κ3) is 2.36. The lowest BCUT2D eigenvalue weighted by molar-refractivity contribution is -0.188. The number of hydrogen-bond acceptors (Lipinski definition) is 6. The van der Waals surface area contributed by atoms with Crippen LogP contribution < -0.4 is 0 Å². The predicted octanol–water partition coefficient (Wildman–Crippen LogP) is 0.816. The van der Waals surface area contributed by atoms with Gasteiger partial charge in [-0.05, 0) is 19.4 Å². The van der Waals surface area contributed by atoms with E-state index in [2.05, 4.69) is 0 Å². The van der Waals surface area contributed by atoms with E-state index >= 15 is 0 Å². The Hall–Kier alpha value is -2.41.